The predicted molar refractivity (Wildman–Crippen MR) is 91.7 cm³/mol. The Morgan fingerprint density at radius 3 is 3.05 bits per heavy atom. The van der Waals surface area contributed by atoms with E-state index in [0.29, 0.717) is 12.0 Å². The summed E-state index contributed by atoms with van der Waals surface area (Å²) in [5, 5.41) is 14.3. The summed E-state index contributed by atoms with van der Waals surface area (Å²) >= 11 is 1.53. The van der Waals surface area contributed by atoms with E-state index in [4.69, 9.17) is 0 Å². The fraction of sp³-hybridized carbons (Fsp3) is 0.706. The number of unbranched alkanes of at least 4 members (excludes halogenated alkanes) is 1. The van der Waals surface area contributed by atoms with Crippen molar-refractivity contribution in [1.29, 1.82) is 0 Å². The Labute approximate surface area is 137 Å². The highest BCUT2D eigenvalue weighted by atomic mass is 32.1. The lowest BCUT2D eigenvalue weighted by Gasteiger charge is -2.22. The summed E-state index contributed by atoms with van der Waals surface area (Å²) in [6, 6.07) is 2.40. The van der Waals surface area contributed by atoms with Crippen LogP contribution in [0.4, 0.5) is 0 Å². The van der Waals surface area contributed by atoms with Gasteiger partial charge in [-0.1, -0.05) is 13.8 Å². The number of likely N-dealkylation sites (tertiary alicyclic amines) is 1. The molecule has 1 atom stereocenters. The van der Waals surface area contributed by atoms with E-state index in [1.807, 2.05) is 11.4 Å². The highest BCUT2D eigenvalue weighted by molar-refractivity contribution is 7.12. The Balaban J connectivity index is 1.66. The van der Waals surface area contributed by atoms with E-state index >= 15 is 0 Å². The van der Waals surface area contributed by atoms with E-state index < -0.39 is 0 Å². The Kier molecular flexibility index (Phi) is 6.86. The lowest BCUT2D eigenvalue weighted by atomic mass is 10.0. The van der Waals surface area contributed by atoms with Gasteiger partial charge in [-0.05, 0) is 61.7 Å². The quantitative estimate of drug-likeness (QED) is 0.723. The van der Waals surface area contributed by atoms with Crippen molar-refractivity contribution in [3.8, 4) is 0 Å². The molecule has 0 bridgehead atoms. The van der Waals surface area contributed by atoms with E-state index in [1.54, 1.807) is 0 Å². The van der Waals surface area contributed by atoms with Crippen LogP contribution in [0.5, 0.6) is 0 Å². The van der Waals surface area contributed by atoms with Crippen molar-refractivity contribution in [3.63, 3.8) is 0 Å². The second-order valence-electron chi connectivity index (χ2n) is 6.34. The van der Waals surface area contributed by atoms with Crippen LogP contribution in [0.1, 0.15) is 60.7 Å². The molecule has 1 saturated heterocycles. The Hall–Kier alpha value is -0.910. The molecule has 1 unspecified atom stereocenters. The van der Waals surface area contributed by atoms with Gasteiger partial charge in [0, 0.05) is 12.6 Å². The van der Waals surface area contributed by atoms with Gasteiger partial charge >= 0.3 is 0 Å². The lowest BCUT2D eigenvalue weighted by molar-refractivity contribution is 0.0955. The molecule has 2 rings (SSSR count). The van der Waals surface area contributed by atoms with Crippen LogP contribution in [0, 0.1) is 0 Å². The van der Waals surface area contributed by atoms with E-state index in [2.05, 4.69) is 24.1 Å². The third-order valence-electron chi connectivity index (χ3n) is 4.39. The number of carbonyl (C=O) groups is 1. The highest BCUT2D eigenvalue weighted by Gasteiger charge is 2.22. The van der Waals surface area contributed by atoms with Gasteiger partial charge in [0.25, 0.3) is 5.91 Å². The van der Waals surface area contributed by atoms with Crippen LogP contribution in [0.2, 0.25) is 0 Å². The van der Waals surface area contributed by atoms with Gasteiger partial charge in [-0.3, -0.25) is 9.69 Å². The maximum atomic E-state index is 12.2. The van der Waals surface area contributed by atoms with Crippen molar-refractivity contribution in [3.05, 3.63) is 21.9 Å². The van der Waals surface area contributed by atoms with E-state index in [9.17, 15) is 9.90 Å². The Morgan fingerprint density at radius 1 is 1.50 bits per heavy atom. The molecule has 1 fully saturated rings. The number of hydrogen-bond donors (Lipinski definition) is 2. The molecule has 1 aliphatic heterocycles. The molecule has 2 N–H and O–H groups in total. The van der Waals surface area contributed by atoms with Crippen molar-refractivity contribution in [2.75, 3.05) is 26.2 Å². The summed E-state index contributed by atoms with van der Waals surface area (Å²) in [7, 11) is 0. The number of hydrogen-bond acceptors (Lipinski definition) is 4. The van der Waals surface area contributed by atoms with Crippen molar-refractivity contribution in [2.45, 2.75) is 51.5 Å². The number of aliphatic hydroxyl groups is 1. The first-order valence-electron chi connectivity index (χ1n) is 8.34. The molecule has 1 amide bonds. The van der Waals surface area contributed by atoms with Gasteiger partial charge in [0.1, 0.15) is 0 Å². The van der Waals surface area contributed by atoms with Gasteiger partial charge in [0.05, 0.1) is 11.5 Å². The zero-order valence-electron chi connectivity index (χ0n) is 13.7. The van der Waals surface area contributed by atoms with Gasteiger partial charge in [0.15, 0.2) is 0 Å². The number of nitrogens with one attached hydrogen (secondary N) is 1. The number of rotatable bonds is 8. The largest absolute Gasteiger partial charge is 0.395 e. The first-order chi connectivity index (χ1) is 10.6. The molecule has 5 heteroatoms. The lowest BCUT2D eigenvalue weighted by Crippen LogP contribution is -2.33. The van der Waals surface area contributed by atoms with Crippen molar-refractivity contribution < 1.29 is 9.90 Å². The average Bonchev–Trinajstić information content (AvgIpc) is 3.15. The van der Waals surface area contributed by atoms with Gasteiger partial charge in [-0.25, -0.2) is 0 Å². The van der Waals surface area contributed by atoms with Crippen LogP contribution >= 0.6 is 11.3 Å². The van der Waals surface area contributed by atoms with Crippen LogP contribution in [-0.4, -0.2) is 48.2 Å². The summed E-state index contributed by atoms with van der Waals surface area (Å²) in [5.41, 5.74) is 1.14. The first kappa shape index (κ1) is 17.4. The summed E-state index contributed by atoms with van der Waals surface area (Å²) < 4.78 is 0. The smallest absolute Gasteiger partial charge is 0.261 e. The number of thiophene rings is 1. The molecule has 1 aliphatic rings. The van der Waals surface area contributed by atoms with Crippen LogP contribution in [0.25, 0.3) is 0 Å². The zero-order valence-corrected chi connectivity index (χ0v) is 14.5. The van der Waals surface area contributed by atoms with Gasteiger partial charge in [-0.15, -0.1) is 11.3 Å². The fourth-order valence-electron chi connectivity index (χ4n) is 3.08. The van der Waals surface area contributed by atoms with Gasteiger partial charge < -0.3 is 10.4 Å². The average molecular weight is 324 g/mol. The first-order valence-corrected chi connectivity index (χ1v) is 9.22. The van der Waals surface area contributed by atoms with Crippen LogP contribution in [-0.2, 0) is 0 Å². The standard InChI is InChI=1S/C17H28N2O2S/c1-13(2)15-7-11-22-16(15)17(21)18-8-3-4-9-19-10-5-6-14(19)12-20/h7,11,13-14,20H,3-6,8-10,12H2,1-2H3,(H,18,21). The molecule has 0 aliphatic carbocycles. The third-order valence-corrected chi connectivity index (χ3v) is 5.32. The highest BCUT2D eigenvalue weighted by Crippen LogP contribution is 2.24. The van der Waals surface area contributed by atoms with Gasteiger partial charge in [-0.2, -0.15) is 0 Å². The normalized spacial score (nSPS) is 19.0. The Morgan fingerprint density at radius 2 is 2.32 bits per heavy atom. The topological polar surface area (TPSA) is 52.6 Å². The second kappa shape index (κ2) is 8.65. The van der Waals surface area contributed by atoms with E-state index in [0.717, 1.165) is 49.3 Å². The molecule has 2 heterocycles. The molecule has 22 heavy (non-hydrogen) atoms. The molecule has 0 radical (unpaired) electrons. The SMILES string of the molecule is CC(C)c1ccsc1C(=O)NCCCCN1CCCC1CO. The van der Waals surface area contributed by atoms with Crippen molar-refractivity contribution in [2.24, 2.45) is 0 Å². The monoisotopic (exact) mass is 324 g/mol. The van der Waals surface area contributed by atoms with Crippen molar-refractivity contribution in [1.82, 2.24) is 10.2 Å². The molecular weight excluding hydrogens is 296 g/mol. The van der Waals surface area contributed by atoms with E-state index in [-0.39, 0.29) is 12.5 Å². The fourth-order valence-corrected chi connectivity index (χ4v) is 4.05. The number of carbonyl (C=O) groups excluding carboxylic acids is 1. The zero-order chi connectivity index (χ0) is 15.9. The molecule has 124 valence electrons. The predicted octanol–water partition coefficient (Wildman–Crippen LogP) is 2.84. The second-order valence-corrected chi connectivity index (χ2v) is 7.25. The number of amides is 1. The molecule has 4 nitrogen and oxygen atoms in total. The molecule has 0 aromatic carbocycles. The minimum atomic E-state index is 0.0631. The third kappa shape index (κ3) is 4.54. The summed E-state index contributed by atoms with van der Waals surface area (Å²) in [5.74, 6) is 0.450. The molecule has 1 aromatic heterocycles. The Bertz CT molecular complexity index is 473. The van der Waals surface area contributed by atoms with Crippen molar-refractivity contribution >= 4 is 17.2 Å². The maximum Gasteiger partial charge on any atom is 0.261 e. The molecule has 0 spiro atoms. The minimum Gasteiger partial charge on any atom is -0.395 e. The van der Waals surface area contributed by atoms with Gasteiger partial charge in [0.2, 0.25) is 0 Å². The summed E-state index contributed by atoms with van der Waals surface area (Å²) in [6.45, 7) is 7.36. The number of aliphatic hydroxyl groups excluding tert-OH is 1. The van der Waals surface area contributed by atoms with Crippen LogP contribution < -0.4 is 5.32 Å². The minimum absolute atomic E-state index is 0.0631. The van der Waals surface area contributed by atoms with Crippen LogP contribution in [0.3, 0.4) is 0 Å². The summed E-state index contributed by atoms with van der Waals surface area (Å²) in [4.78, 5) is 15.4. The van der Waals surface area contributed by atoms with E-state index in [1.165, 1.54) is 17.8 Å². The molecule has 1 aromatic rings. The number of nitrogens with zero attached hydrogens (tertiary/aromatic N) is 1. The van der Waals surface area contributed by atoms with Crippen LogP contribution in [0.15, 0.2) is 11.4 Å². The molecular formula is C17H28N2O2S. The molecule has 0 saturated carbocycles. The summed E-state index contributed by atoms with van der Waals surface area (Å²) in [6.07, 6.45) is 4.36. The maximum absolute atomic E-state index is 12.2.